The number of hydrogen-bond donors (Lipinski definition) is 0. The van der Waals surface area contributed by atoms with Gasteiger partial charge in [0.15, 0.2) is 0 Å². The number of pyridine rings is 1. The van der Waals surface area contributed by atoms with E-state index in [2.05, 4.69) is 11.1 Å². The van der Waals surface area contributed by atoms with E-state index in [4.69, 9.17) is 10.00 Å². The van der Waals surface area contributed by atoms with Crippen molar-refractivity contribution in [2.24, 2.45) is 0 Å². The molecule has 0 unspecified atom stereocenters. The Morgan fingerprint density at radius 2 is 2.12 bits per heavy atom. The van der Waals surface area contributed by atoms with Crippen LogP contribution in [0.4, 0.5) is 0 Å². The van der Waals surface area contributed by atoms with Crippen LogP contribution in [0, 0.1) is 11.3 Å². The van der Waals surface area contributed by atoms with Crippen LogP contribution >= 0.6 is 0 Å². The van der Waals surface area contributed by atoms with Crippen molar-refractivity contribution in [3.63, 3.8) is 0 Å². The third-order valence-electron chi connectivity index (χ3n) is 3.51. The molecule has 0 N–H and O–H groups in total. The Morgan fingerprint density at radius 3 is 2.76 bits per heavy atom. The molecule has 0 aliphatic rings. The molecule has 0 bridgehead atoms. The molecule has 0 radical (unpaired) electrons. The number of aromatic nitrogens is 1. The minimum atomic E-state index is -0.131. The second kappa shape index (κ2) is 9.89. The van der Waals surface area contributed by atoms with Gasteiger partial charge < -0.3 is 9.64 Å². The van der Waals surface area contributed by atoms with Crippen LogP contribution in [0.5, 0.6) is 5.75 Å². The van der Waals surface area contributed by atoms with Crippen molar-refractivity contribution in [1.29, 1.82) is 5.26 Å². The molecule has 0 atom stereocenters. The molecule has 0 fully saturated rings. The summed E-state index contributed by atoms with van der Waals surface area (Å²) in [4.78, 5) is 18.2. The van der Waals surface area contributed by atoms with Crippen LogP contribution < -0.4 is 4.74 Å². The van der Waals surface area contributed by atoms with Crippen LogP contribution in [0.15, 0.2) is 54.9 Å². The monoisotopic (exact) mass is 335 g/mol. The highest BCUT2D eigenvalue weighted by molar-refractivity contribution is 5.91. The zero-order chi connectivity index (χ0) is 17.9. The molecule has 0 saturated heterocycles. The van der Waals surface area contributed by atoms with Crippen LogP contribution in [0.25, 0.3) is 6.08 Å². The second-order valence-corrected chi connectivity index (χ2v) is 5.36. The van der Waals surface area contributed by atoms with Crippen molar-refractivity contribution in [1.82, 2.24) is 9.88 Å². The van der Waals surface area contributed by atoms with Gasteiger partial charge in [0, 0.05) is 31.6 Å². The molecule has 128 valence electrons. The van der Waals surface area contributed by atoms with Crippen molar-refractivity contribution >= 4 is 12.0 Å². The number of amides is 1. The molecule has 5 nitrogen and oxygen atoms in total. The van der Waals surface area contributed by atoms with Gasteiger partial charge in [-0.2, -0.15) is 5.26 Å². The van der Waals surface area contributed by atoms with Gasteiger partial charge >= 0.3 is 0 Å². The predicted molar refractivity (Wildman–Crippen MR) is 96.5 cm³/mol. The largest absolute Gasteiger partial charge is 0.494 e. The van der Waals surface area contributed by atoms with Crippen molar-refractivity contribution < 1.29 is 9.53 Å². The average molecular weight is 335 g/mol. The van der Waals surface area contributed by atoms with Crippen LogP contribution in [0.1, 0.15) is 24.5 Å². The maximum atomic E-state index is 12.5. The molecule has 1 amide bonds. The Hall–Kier alpha value is -3.13. The van der Waals surface area contributed by atoms with Gasteiger partial charge in [-0.15, -0.1) is 0 Å². The summed E-state index contributed by atoms with van der Waals surface area (Å²) in [5, 5.41) is 8.81. The number of ether oxygens (including phenoxy) is 1. The summed E-state index contributed by atoms with van der Waals surface area (Å²) in [5.74, 6) is 0.672. The first kappa shape index (κ1) is 18.2. The van der Waals surface area contributed by atoms with Gasteiger partial charge in [-0.1, -0.05) is 18.2 Å². The van der Waals surface area contributed by atoms with Crippen LogP contribution in [0.3, 0.4) is 0 Å². The molecule has 1 aromatic heterocycles. The van der Waals surface area contributed by atoms with Gasteiger partial charge in [-0.25, -0.2) is 0 Å². The van der Waals surface area contributed by atoms with Gasteiger partial charge in [-0.3, -0.25) is 9.78 Å². The van der Waals surface area contributed by atoms with E-state index in [1.54, 1.807) is 23.4 Å². The first-order valence-corrected chi connectivity index (χ1v) is 8.18. The van der Waals surface area contributed by atoms with Gasteiger partial charge in [-0.05, 0) is 42.3 Å². The number of rotatable bonds is 8. The molecular weight excluding hydrogens is 314 g/mol. The topological polar surface area (TPSA) is 66.2 Å². The fraction of sp³-hybridized carbons (Fsp3) is 0.250. The van der Waals surface area contributed by atoms with Gasteiger partial charge in [0.05, 0.1) is 19.1 Å². The fourth-order valence-corrected chi connectivity index (χ4v) is 2.28. The number of hydrogen-bond acceptors (Lipinski definition) is 4. The van der Waals surface area contributed by atoms with Crippen molar-refractivity contribution in [2.75, 3.05) is 13.2 Å². The quantitative estimate of drug-likeness (QED) is 0.693. The van der Waals surface area contributed by atoms with Crippen molar-refractivity contribution in [2.45, 2.75) is 19.9 Å². The molecule has 2 rings (SSSR count). The molecular formula is C20H21N3O2. The van der Waals surface area contributed by atoms with E-state index in [0.29, 0.717) is 26.1 Å². The minimum Gasteiger partial charge on any atom is -0.494 e. The Balaban J connectivity index is 2.03. The summed E-state index contributed by atoms with van der Waals surface area (Å²) >= 11 is 0. The molecule has 5 heteroatoms. The normalized spacial score (nSPS) is 10.4. The zero-order valence-electron chi connectivity index (χ0n) is 14.3. The minimum absolute atomic E-state index is 0.131. The number of carbonyl (C=O) groups excluding carboxylic acids is 1. The molecule has 2 aromatic rings. The third kappa shape index (κ3) is 6.11. The predicted octanol–water partition coefficient (Wildman–Crippen LogP) is 3.44. The molecule has 1 heterocycles. The molecule has 0 spiro atoms. The smallest absolute Gasteiger partial charge is 0.246 e. The summed E-state index contributed by atoms with van der Waals surface area (Å²) < 4.78 is 5.40. The van der Waals surface area contributed by atoms with Crippen molar-refractivity contribution in [3.05, 3.63) is 66.0 Å². The molecule has 25 heavy (non-hydrogen) atoms. The summed E-state index contributed by atoms with van der Waals surface area (Å²) in [6, 6.07) is 13.4. The third-order valence-corrected chi connectivity index (χ3v) is 3.51. The van der Waals surface area contributed by atoms with Crippen LogP contribution in [-0.2, 0) is 11.3 Å². The zero-order valence-corrected chi connectivity index (χ0v) is 14.3. The average Bonchev–Trinajstić information content (AvgIpc) is 2.65. The Bertz CT molecular complexity index is 734. The highest BCUT2D eigenvalue weighted by Crippen LogP contribution is 2.13. The Kier molecular flexibility index (Phi) is 7.20. The highest BCUT2D eigenvalue weighted by Gasteiger charge is 2.11. The summed E-state index contributed by atoms with van der Waals surface area (Å²) in [7, 11) is 0. The number of nitriles is 1. The molecule has 0 aliphatic heterocycles. The standard InChI is InChI=1S/C20H21N3O2/c1-2-25-19-9-6-17(7-10-19)8-11-20(24)23(14-4-12-21)16-18-5-3-13-22-15-18/h3,5-11,13,15H,2,4,14,16H2,1H3/b11-8+. The van der Waals surface area contributed by atoms with Gasteiger partial charge in [0.1, 0.15) is 5.75 Å². The lowest BCUT2D eigenvalue weighted by molar-refractivity contribution is -0.126. The Morgan fingerprint density at radius 1 is 1.32 bits per heavy atom. The van der Waals surface area contributed by atoms with E-state index in [9.17, 15) is 4.79 Å². The van der Waals surface area contributed by atoms with E-state index >= 15 is 0 Å². The fourth-order valence-electron chi connectivity index (χ4n) is 2.28. The van der Waals surface area contributed by atoms with E-state index in [-0.39, 0.29) is 5.91 Å². The van der Waals surface area contributed by atoms with E-state index in [0.717, 1.165) is 16.9 Å². The maximum absolute atomic E-state index is 12.5. The highest BCUT2D eigenvalue weighted by atomic mass is 16.5. The van der Waals surface area contributed by atoms with Gasteiger partial charge in [0.25, 0.3) is 0 Å². The Labute approximate surface area is 148 Å². The SMILES string of the molecule is CCOc1ccc(/C=C/C(=O)N(CCC#N)Cc2cccnc2)cc1. The lowest BCUT2D eigenvalue weighted by Crippen LogP contribution is -2.29. The van der Waals surface area contributed by atoms with Crippen LogP contribution in [0.2, 0.25) is 0 Å². The molecule has 0 aliphatic carbocycles. The first-order valence-electron chi connectivity index (χ1n) is 8.18. The van der Waals surface area contributed by atoms with Crippen molar-refractivity contribution in [3.8, 4) is 11.8 Å². The molecule has 1 aromatic carbocycles. The molecule has 0 saturated carbocycles. The van der Waals surface area contributed by atoms with E-state index in [1.165, 1.54) is 6.08 Å². The maximum Gasteiger partial charge on any atom is 0.246 e. The van der Waals surface area contributed by atoms with E-state index in [1.807, 2.05) is 43.3 Å². The van der Waals surface area contributed by atoms with Crippen LogP contribution in [-0.4, -0.2) is 28.9 Å². The number of benzene rings is 1. The number of nitrogens with zero attached hydrogens (tertiary/aromatic N) is 3. The lowest BCUT2D eigenvalue weighted by atomic mass is 10.2. The van der Waals surface area contributed by atoms with E-state index < -0.39 is 0 Å². The summed E-state index contributed by atoms with van der Waals surface area (Å²) in [6.45, 7) is 3.38. The summed E-state index contributed by atoms with van der Waals surface area (Å²) in [5.41, 5.74) is 1.85. The first-order chi connectivity index (χ1) is 12.2. The number of carbonyl (C=O) groups is 1. The summed E-state index contributed by atoms with van der Waals surface area (Å²) in [6.07, 6.45) is 7.01. The second-order valence-electron chi connectivity index (χ2n) is 5.36. The van der Waals surface area contributed by atoms with Gasteiger partial charge in [0.2, 0.25) is 5.91 Å². The lowest BCUT2D eigenvalue weighted by Gasteiger charge is -2.19.